The van der Waals surface area contributed by atoms with E-state index in [0.29, 0.717) is 16.6 Å². The Morgan fingerprint density at radius 2 is 1.51 bits per heavy atom. The Bertz CT molecular complexity index is 1670. The van der Waals surface area contributed by atoms with Crippen molar-refractivity contribution >= 4 is 40.7 Å². The SMILES string of the molecule is COC(=O)N(C1c2ccccc2-c2ccccc21)[C@H]1C[C@@H](C(N)=O)N(C(=O)Nc2cn(C(N)=O)c3ccccc23)C1. The summed E-state index contributed by atoms with van der Waals surface area (Å²) in [5.74, 6) is -0.695. The van der Waals surface area contributed by atoms with E-state index >= 15 is 0 Å². The zero-order valence-corrected chi connectivity index (χ0v) is 22.2. The van der Waals surface area contributed by atoms with Gasteiger partial charge in [-0.3, -0.25) is 14.3 Å². The Labute approximate surface area is 235 Å². The number of nitrogens with one attached hydrogen (secondary N) is 1. The van der Waals surface area contributed by atoms with Gasteiger partial charge in [0.15, 0.2) is 0 Å². The van der Waals surface area contributed by atoms with Gasteiger partial charge < -0.3 is 26.4 Å². The van der Waals surface area contributed by atoms with Gasteiger partial charge in [0.1, 0.15) is 6.04 Å². The monoisotopic (exact) mass is 552 g/mol. The summed E-state index contributed by atoms with van der Waals surface area (Å²) in [6, 6.07) is 19.3. The Morgan fingerprint density at radius 3 is 2.12 bits per heavy atom. The molecule has 2 aliphatic rings. The number of aromatic nitrogens is 1. The topological polar surface area (TPSA) is 153 Å². The van der Waals surface area contributed by atoms with E-state index in [0.717, 1.165) is 22.3 Å². The number of para-hydroxylation sites is 1. The van der Waals surface area contributed by atoms with Crippen LogP contribution >= 0.6 is 0 Å². The number of fused-ring (bicyclic) bond motifs is 4. The van der Waals surface area contributed by atoms with Crippen LogP contribution in [0.25, 0.3) is 22.0 Å². The lowest BCUT2D eigenvalue weighted by molar-refractivity contribution is -0.121. The Morgan fingerprint density at radius 1 is 0.902 bits per heavy atom. The van der Waals surface area contributed by atoms with Gasteiger partial charge in [0.2, 0.25) is 5.91 Å². The van der Waals surface area contributed by atoms with Crippen molar-refractivity contribution in [1.29, 1.82) is 0 Å². The summed E-state index contributed by atoms with van der Waals surface area (Å²) in [4.78, 5) is 54.5. The van der Waals surface area contributed by atoms with Gasteiger partial charge in [0.25, 0.3) is 0 Å². The number of urea groups is 1. The first-order chi connectivity index (χ1) is 19.8. The van der Waals surface area contributed by atoms with Crippen LogP contribution in [0.5, 0.6) is 0 Å². The molecule has 1 aliphatic heterocycles. The minimum Gasteiger partial charge on any atom is -0.453 e. The van der Waals surface area contributed by atoms with Crippen LogP contribution in [0.1, 0.15) is 23.6 Å². The van der Waals surface area contributed by atoms with E-state index in [-0.39, 0.29) is 13.0 Å². The molecule has 3 aromatic carbocycles. The average molecular weight is 553 g/mol. The number of rotatable bonds is 4. The van der Waals surface area contributed by atoms with Gasteiger partial charge in [-0.25, -0.2) is 14.4 Å². The normalized spacial score (nSPS) is 17.6. The van der Waals surface area contributed by atoms with Crippen molar-refractivity contribution in [3.8, 4) is 11.1 Å². The summed E-state index contributed by atoms with van der Waals surface area (Å²) in [6.07, 6.45) is 0.980. The molecule has 6 rings (SSSR count). The predicted molar refractivity (Wildman–Crippen MR) is 152 cm³/mol. The van der Waals surface area contributed by atoms with Crippen molar-refractivity contribution in [2.45, 2.75) is 24.5 Å². The fourth-order valence-electron chi connectivity index (χ4n) is 6.16. The summed E-state index contributed by atoms with van der Waals surface area (Å²) in [7, 11) is 1.31. The van der Waals surface area contributed by atoms with Gasteiger partial charge in [-0.2, -0.15) is 0 Å². The van der Waals surface area contributed by atoms with E-state index in [1.54, 1.807) is 29.2 Å². The number of primary amides is 2. The van der Waals surface area contributed by atoms with Crippen LogP contribution in [-0.2, 0) is 9.53 Å². The predicted octanol–water partition coefficient (Wildman–Crippen LogP) is 3.87. The number of anilines is 1. The quantitative estimate of drug-likeness (QED) is 0.351. The Balaban J connectivity index is 1.35. The fraction of sp³-hybridized carbons (Fsp3) is 0.200. The molecule has 0 unspecified atom stereocenters. The molecule has 11 nitrogen and oxygen atoms in total. The number of nitrogens with zero attached hydrogens (tertiary/aromatic N) is 3. The second-order valence-corrected chi connectivity index (χ2v) is 10.1. The third kappa shape index (κ3) is 4.22. The summed E-state index contributed by atoms with van der Waals surface area (Å²) in [5, 5.41) is 3.40. The largest absolute Gasteiger partial charge is 0.453 e. The maximum Gasteiger partial charge on any atom is 0.410 e. The molecular weight excluding hydrogens is 524 g/mol. The molecule has 4 aromatic rings. The summed E-state index contributed by atoms with van der Waals surface area (Å²) in [5.41, 5.74) is 16.0. The number of nitrogens with two attached hydrogens (primary N) is 2. The molecule has 0 spiro atoms. The van der Waals surface area contributed by atoms with Crippen LogP contribution in [0.4, 0.5) is 20.1 Å². The third-order valence-electron chi connectivity index (χ3n) is 7.92. The summed E-state index contributed by atoms with van der Waals surface area (Å²) in [6.45, 7) is 0.0316. The number of amides is 5. The number of ether oxygens (including phenoxy) is 1. The molecule has 5 amide bonds. The van der Waals surface area contributed by atoms with Crippen LogP contribution in [-0.4, -0.2) is 64.2 Å². The highest BCUT2D eigenvalue weighted by atomic mass is 16.5. The van der Waals surface area contributed by atoms with E-state index in [2.05, 4.69) is 5.32 Å². The third-order valence-corrected chi connectivity index (χ3v) is 7.92. The van der Waals surface area contributed by atoms with Crippen molar-refractivity contribution in [2.24, 2.45) is 11.5 Å². The number of likely N-dealkylation sites (tertiary alicyclic amines) is 1. The molecule has 11 heteroatoms. The first-order valence-corrected chi connectivity index (χ1v) is 13.1. The molecule has 1 aromatic heterocycles. The smallest absolute Gasteiger partial charge is 0.410 e. The van der Waals surface area contributed by atoms with E-state index in [4.69, 9.17) is 16.2 Å². The fourth-order valence-corrected chi connectivity index (χ4v) is 6.16. The molecule has 2 heterocycles. The first-order valence-electron chi connectivity index (χ1n) is 13.1. The Hall–Kier alpha value is -5.32. The molecule has 2 atom stereocenters. The van der Waals surface area contributed by atoms with Crippen LogP contribution in [0, 0.1) is 0 Å². The van der Waals surface area contributed by atoms with Crippen molar-refractivity contribution in [3.63, 3.8) is 0 Å². The number of hydrogen-bond acceptors (Lipinski definition) is 5. The highest BCUT2D eigenvalue weighted by Gasteiger charge is 2.47. The van der Waals surface area contributed by atoms with E-state index < -0.39 is 42.2 Å². The van der Waals surface area contributed by atoms with E-state index in [1.807, 2.05) is 48.5 Å². The standard InChI is InChI=1S/C30H28N6O5/c1-41-30(40)36(26-20-10-4-2-8-18(20)19-9-3-5-11-21(19)26)17-14-25(27(31)37)35(15-17)29(39)33-23-16-34(28(32)38)24-13-7-6-12-22(23)24/h2-13,16-17,25-26H,14-15H2,1H3,(H2,31,37)(H2,32,38)(H,33,39)/t17-,25-/m0/s1. The highest BCUT2D eigenvalue weighted by Crippen LogP contribution is 2.48. The number of carbonyl (C=O) groups excluding carboxylic acids is 4. The molecule has 0 radical (unpaired) electrons. The number of benzene rings is 3. The molecule has 1 fully saturated rings. The van der Waals surface area contributed by atoms with Crippen molar-refractivity contribution in [2.75, 3.05) is 19.0 Å². The molecule has 0 bridgehead atoms. The molecule has 1 saturated heterocycles. The zero-order valence-electron chi connectivity index (χ0n) is 22.2. The lowest BCUT2D eigenvalue weighted by Gasteiger charge is -2.34. The minimum atomic E-state index is -0.983. The lowest BCUT2D eigenvalue weighted by Crippen LogP contribution is -2.46. The van der Waals surface area contributed by atoms with Gasteiger partial charge in [-0.15, -0.1) is 0 Å². The van der Waals surface area contributed by atoms with Crippen molar-refractivity contribution in [3.05, 3.63) is 90.1 Å². The van der Waals surface area contributed by atoms with Crippen LogP contribution in [0.2, 0.25) is 0 Å². The van der Waals surface area contributed by atoms with E-state index in [1.165, 1.54) is 22.8 Å². The number of carbonyl (C=O) groups is 4. The maximum atomic E-state index is 13.6. The zero-order chi connectivity index (χ0) is 28.8. The van der Waals surface area contributed by atoms with Crippen LogP contribution in [0.15, 0.2) is 79.0 Å². The van der Waals surface area contributed by atoms with Gasteiger partial charge in [0.05, 0.1) is 30.4 Å². The second kappa shape index (κ2) is 10.0. The maximum absolute atomic E-state index is 13.6. The summed E-state index contributed by atoms with van der Waals surface area (Å²) >= 11 is 0. The molecule has 41 heavy (non-hydrogen) atoms. The summed E-state index contributed by atoms with van der Waals surface area (Å²) < 4.78 is 6.47. The van der Waals surface area contributed by atoms with Crippen molar-refractivity contribution in [1.82, 2.24) is 14.4 Å². The van der Waals surface area contributed by atoms with Gasteiger partial charge in [0, 0.05) is 18.1 Å². The van der Waals surface area contributed by atoms with Crippen molar-refractivity contribution < 1.29 is 23.9 Å². The number of hydrogen-bond donors (Lipinski definition) is 3. The average Bonchev–Trinajstić information content (AvgIpc) is 3.67. The lowest BCUT2D eigenvalue weighted by atomic mass is 10.0. The molecular formula is C30H28N6O5. The van der Waals surface area contributed by atoms with E-state index in [9.17, 15) is 19.2 Å². The molecule has 0 saturated carbocycles. The number of methoxy groups -OCH3 is 1. The first kappa shape index (κ1) is 25.9. The van der Waals surface area contributed by atoms with Gasteiger partial charge in [-0.05, 0) is 34.7 Å². The molecule has 208 valence electrons. The molecule has 1 aliphatic carbocycles. The van der Waals surface area contributed by atoms with Gasteiger partial charge in [-0.1, -0.05) is 66.7 Å². The Kier molecular flexibility index (Phi) is 6.33. The van der Waals surface area contributed by atoms with Crippen LogP contribution < -0.4 is 16.8 Å². The highest BCUT2D eigenvalue weighted by molar-refractivity contribution is 6.05. The minimum absolute atomic E-state index is 0.0316. The second-order valence-electron chi connectivity index (χ2n) is 10.1. The van der Waals surface area contributed by atoms with Crippen LogP contribution in [0.3, 0.4) is 0 Å². The van der Waals surface area contributed by atoms with Gasteiger partial charge >= 0.3 is 18.2 Å². The molecule has 5 N–H and O–H groups in total.